The minimum absolute atomic E-state index is 0.274. The van der Waals surface area contributed by atoms with Gasteiger partial charge in [-0.15, -0.1) is 11.3 Å². The van der Waals surface area contributed by atoms with Gasteiger partial charge < -0.3 is 0 Å². The van der Waals surface area contributed by atoms with Gasteiger partial charge in [-0.2, -0.15) is 0 Å². The molecule has 1 aliphatic rings. The third kappa shape index (κ3) is 2.57. The first kappa shape index (κ1) is 12.3. The average molecular weight is 301 g/mol. The van der Waals surface area contributed by atoms with E-state index >= 15 is 0 Å². The Hall–Kier alpha value is -0.150. The maximum atomic E-state index is 12.3. The van der Waals surface area contributed by atoms with Crippen LogP contribution < -0.4 is 0 Å². The lowest BCUT2D eigenvalue weighted by Gasteiger charge is -2.24. The van der Waals surface area contributed by atoms with Gasteiger partial charge in [-0.05, 0) is 47.7 Å². The van der Waals surface area contributed by atoms with Crippen LogP contribution in [0.25, 0.3) is 0 Å². The second-order valence-electron chi connectivity index (χ2n) is 4.84. The molecule has 0 atom stereocenters. The van der Waals surface area contributed by atoms with Crippen LogP contribution in [0.5, 0.6) is 0 Å². The Balaban J connectivity index is 2.10. The number of thiophene rings is 1. The van der Waals surface area contributed by atoms with E-state index in [1.165, 1.54) is 12.8 Å². The first-order chi connectivity index (χ1) is 7.58. The normalized spacial score (nSPS) is 25.7. The highest BCUT2D eigenvalue weighted by Crippen LogP contribution is 2.34. The van der Waals surface area contributed by atoms with Crippen LogP contribution in [-0.2, 0) is 0 Å². The number of halogens is 1. The molecule has 1 aromatic rings. The number of hydrogen-bond acceptors (Lipinski definition) is 2. The van der Waals surface area contributed by atoms with Crippen LogP contribution >= 0.6 is 27.3 Å². The Bertz CT molecular complexity index is 389. The Morgan fingerprint density at radius 3 is 2.50 bits per heavy atom. The van der Waals surface area contributed by atoms with E-state index in [1.807, 2.05) is 13.0 Å². The second kappa shape index (κ2) is 5.01. The lowest BCUT2D eigenvalue weighted by atomic mass is 9.79. The number of hydrogen-bond donors (Lipinski definition) is 0. The molecule has 1 nitrogen and oxygen atoms in total. The van der Waals surface area contributed by atoms with E-state index in [0.29, 0.717) is 5.78 Å². The molecule has 1 aliphatic carbocycles. The Morgan fingerprint density at radius 1 is 1.38 bits per heavy atom. The maximum absolute atomic E-state index is 12.3. The molecular formula is C13H17BrOS. The zero-order valence-electron chi connectivity index (χ0n) is 9.75. The summed E-state index contributed by atoms with van der Waals surface area (Å²) < 4.78 is 1.07. The van der Waals surface area contributed by atoms with Crippen molar-refractivity contribution in [3.63, 3.8) is 0 Å². The lowest BCUT2D eigenvalue weighted by molar-refractivity contribution is 0.0875. The van der Waals surface area contributed by atoms with Gasteiger partial charge in [-0.1, -0.05) is 19.8 Å². The van der Waals surface area contributed by atoms with Gasteiger partial charge in [0, 0.05) is 16.4 Å². The van der Waals surface area contributed by atoms with E-state index in [4.69, 9.17) is 0 Å². The summed E-state index contributed by atoms with van der Waals surface area (Å²) in [6.45, 7) is 4.32. The monoisotopic (exact) mass is 300 g/mol. The number of carbonyl (C=O) groups is 1. The molecule has 2 rings (SSSR count). The summed E-state index contributed by atoms with van der Waals surface area (Å²) in [5.74, 6) is 1.45. The van der Waals surface area contributed by atoms with Crippen LogP contribution in [-0.4, -0.2) is 5.78 Å². The van der Waals surface area contributed by atoms with Crippen molar-refractivity contribution in [3.8, 4) is 0 Å². The topological polar surface area (TPSA) is 17.1 Å². The average Bonchev–Trinajstić information content (AvgIpc) is 2.58. The lowest BCUT2D eigenvalue weighted by Crippen LogP contribution is -2.21. The van der Waals surface area contributed by atoms with Crippen LogP contribution in [0.1, 0.15) is 47.8 Å². The van der Waals surface area contributed by atoms with Crippen molar-refractivity contribution >= 4 is 33.0 Å². The molecular weight excluding hydrogens is 284 g/mol. The summed E-state index contributed by atoms with van der Waals surface area (Å²) in [4.78, 5) is 13.5. The maximum Gasteiger partial charge on any atom is 0.167 e. The van der Waals surface area contributed by atoms with E-state index in [-0.39, 0.29) is 5.92 Å². The van der Waals surface area contributed by atoms with Crippen molar-refractivity contribution < 1.29 is 4.79 Å². The molecule has 0 unspecified atom stereocenters. The summed E-state index contributed by atoms with van der Waals surface area (Å²) in [7, 11) is 0. The largest absolute Gasteiger partial charge is 0.294 e. The molecule has 0 radical (unpaired) electrons. The third-order valence-electron chi connectivity index (χ3n) is 3.54. The van der Waals surface area contributed by atoms with E-state index in [1.54, 1.807) is 11.3 Å². The summed E-state index contributed by atoms with van der Waals surface area (Å²) >= 11 is 5.11. The molecule has 3 heteroatoms. The molecule has 1 heterocycles. The molecule has 0 bridgehead atoms. The van der Waals surface area contributed by atoms with Crippen LogP contribution in [0, 0.1) is 18.8 Å². The minimum Gasteiger partial charge on any atom is -0.294 e. The fraction of sp³-hybridized carbons (Fsp3) is 0.615. The van der Waals surface area contributed by atoms with Crippen molar-refractivity contribution in [2.24, 2.45) is 11.8 Å². The second-order valence-corrected chi connectivity index (χ2v) is 7.48. The summed E-state index contributed by atoms with van der Waals surface area (Å²) in [5, 5.41) is 0. The number of rotatable bonds is 2. The number of aryl methyl sites for hydroxylation is 1. The molecule has 88 valence electrons. The summed E-state index contributed by atoms with van der Waals surface area (Å²) in [6.07, 6.45) is 4.57. The molecule has 0 N–H and O–H groups in total. The molecule has 0 amide bonds. The first-order valence-corrected chi connectivity index (χ1v) is 7.49. The van der Waals surface area contributed by atoms with E-state index in [0.717, 1.165) is 33.0 Å². The fourth-order valence-corrected chi connectivity index (χ4v) is 4.13. The van der Waals surface area contributed by atoms with Crippen molar-refractivity contribution in [3.05, 3.63) is 20.3 Å². The Kier molecular flexibility index (Phi) is 3.85. The van der Waals surface area contributed by atoms with Crippen molar-refractivity contribution in [2.75, 3.05) is 0 Å². The summed E-state index contributed by atoms with van der Waals surface area (Å²) in [6, 6.07) is 1.99. The predicted molar refractivity (Wildman–Crippen MR) is 72.2 cm³/mol. The Labute approximate surface area is 109 Å². The van der Waals surface area contributed by atoms with Gasteiger partial charge in [0.15, 0.2) is 5.78 Å². The molecule has 16 heavy (non-hydrogen) atoms. The smallest absolute Gasteiger partial charge is 0.167 e. The highest BCUT2D eigenvalue weighted by atomic mass is 79.9. The SMILES string of the molecule is Cc1sc(Br)cc1C(=O)C1CCC(C)CC1. The Morgan fingerprint density at radius 2 is 2.00 bits per heavy atom. The molecule has 1 saturated carbocycles. The van der Waals surface area contributed by atoms with Crippen LogP contribution in [0.2, 0.25) is 0 Å². The summed E-state index contributed by atoms with van der Waals surface area (Å²) in [5.41, 5.74) is 0.941. The third-order valence-corrected chi connectivity index (χ3v) is 5.09. The minimum atomic E-state index is 0.274. The van der Waals surface area contributed by atoms with Gasteiger partial charge in [-0.3, -0.25) is 4.79 Å². The molecule has 0 aliphatic heterocycles. The van der Waals surface area contributed by atoms with Crippen molar-refractivity contribution in [2.45, 2.75) is 39.5 Å². The van der Waals surface area contributed by atoms with Crippen LogP contribution in [0.4, 0.5) is 0 Å². The molecule has 0 spiro atoms. The number of carbonyl (C=O) groups excluding carboxylic acids is 1. The number of ketones is 1. The van der Waals surface area contributed by atoms with Gasteiger partial charge in [0.25, 0.3) is 0 Å². The van der Waals surface area contributed by atoms with Crippen molar-refractivity contribution in [1.29, 1.82) is 0 Å². The van der Waals surface area contributed by atoms with Gasteiger partial charge in [0.2, 0.25) is 0 Å². The first-order valence-electron chi connectivity index (χ1n) is 5.88. The molecule has 0 aromatic carbocycles. The van der Waals surface area contributed by atoms with E-state index < -0.39 is 0 Å². The van der Waals surface area contributed by atoms with Gasteiger partial charge in [0.1, 0.15) is 0 Å². The highest BCUT2D eigenvalue weighted by molar-refractivity contribution is 9.11. The molecule has 1 fully saturated rings. The molecule has 1 aromatic heterocycles. The predicted octanol–water partition coefficient (Wildman–Crippen LogP) is 4.83. The van der Waals surface area contributed by atoms with Gasteiger partial charge in [-0.25, -0.2) is 0 Å². The van der Waals surface area contributed by atoms with Crippen LogP contribution in [0.3, 0.4) is 0 Å². The number of Topliss-reactive ketones (excluding diaryl/α,β-unsaturated/α-hetero) is 1. The van der Waals surface area contributed by atoms with Crippen molar-refractivity contribution in [1.82, 2.24) is 0 Å². The molecule has 0 saturated heterocycles. The van der Waals surface area contributed by atoms with Crippen LogP contribution in [0.15, 0.2) is 9.85 Å². The quantitative estimate of drug-likeness (QED) is 0.715. The van der Waals surface area contributed by atoms with E-state index in [2.05, 4.69) is 22.9 Å². The zero-order valence-corrected chi connectivity index (χ0v) is 12.2. The van der Waals surface area contributed by atoms with E-state index in [9.17, 15) is 4.79 Å². The zero-order chi connectivity index (χ0) is 11.7. The standard InChI is InChI=1S/C13H17BrOS/c1-8-3-5-10(6-4-8)13(15)11-7-12(14)16-9(11)2/h7-8,10H,3-6H2,1-2H3. The highest BCUT2D eigenvalue weighted by Gasteiger charge is 2.26. The fourth-order valence-electron chi connectivity index (χ4n) is 2.43. The van der Waals surface area contributed by atoms with Gasteiger partial charge in [0.05, 0.1) is 3.79 Å². The van der Waals surface area contributed by atoms with Gasteiger partial charge >= 0.3 is 0 Å².